The first-order chi connectivity index (χ1) is 8.25. The molecule has 0 unspecified atom stereocenters. The molecule has 1 aliphatic rings. The number of aliphatic carboxylic acids is 1. The predicted octanol–water partition coefficient (Wildman–Crippen LogP) is 2.90. The van der Waals surface area contributed by atoms with E-state index in [1.165, 1.54) is 0 Å². The SMILES string of the molecule is O=C(O)CCc1ccccc1SC1=NCCS1. The Kier molecular flexibility index (Phi) is 4.50. The van der Waals surface area contributed by atoms with Crippen LogP contribution in [0, 0.1) is 0 Å². The number of hydrogen-bond acceptors (Lipinski definition) is 4. The molecular formula is C12H13NO2S2. The molecule has 0 saturated heterocycles. The van der Waals surface area contributed by atoms with Gasteiger partial charge in [0.1, 0.15) is 4.38 Å². The Morgan fingerprint density at radius 1 is 1.47 bits per heavy atom. The second-order valence-corrected chi connectivity index (χ2v) is 5.97. The number of carbonyl (C=O) groups is 1. The van der Waals surface area contributed by atoms with Gasteiger partial charge in [-0.05, 0) is 18.1 Å². The minimum Gasteiger partial charge on any atom is -0.481 e. The van der Waals surface area contributed by atoms with Gasteiger partial charge in [-0.25, -0.2) is 0 Å². The van der Waals surface area contributed by atoms with Gasteiger partial charge in [-0.1, -0.05) is 41.7 Å². The zero-order valence-corrected chi connectivity index (χ0v) is 10.9. The minimum absolute atomic E-state index is 0.178. The van der Waals surface area contributed by atoms with E-state index in [4.69, 9.17) is 5.11 Å². The van der Waals surface area contributed by atoms with Crippen LogP contribution in [0.4, 0.5) is 0 Å². The molecule has 0 fully saturated rings. The Balaban J connectivity index is 2.06. The number of nitrogens with zero attached hydrogens (tertiary/aromatic N) is 1. The first-order valence-electron chi connectivity index (χ1n) is 5.40. The molecule has 0 aromatic heterocycles. The second-order valence-electron chi connectivity index (χ2n) is 3.60. The molecule has 0 atom stereocenters. The molecule has 0 amide bonds. The molecule has 1 aliphatic heterocycles. The molecule has 0 saturated carbocycles. The van der Waals surface area contributed by atoms with Gasteiger partial charge in [0.25, 0.3) is 0 Å². The van der Waals surface area contributed by atoms with Crippen LogP contribution in [0.15, 0.2) is 34.2 Å². The van der Waals surface area contributed by atoms with Gasteiger partial charge in [-0.3, -0.25) is 9.79 Å². The van der Waals surface area contributed by atoms with E-state index < -0.39 is 5.97 Å². The quantitative estimate of drug-likeness (QED) is 0.911. The van der Waals surface area contributed by atoms with E-state index in [2.05, 4.69) is 4.99 Å². The molecule has 17 heavy (non-hydrogen) atoms. The van der Waals surface area contributed by atoms with Crippen LogP contribution < -0.4 is 0 Å². The van der Waals surface area contributed by atoms with Crippen LogP contribution >= 0.6 is 23.5 Å². The monoisotopic (exact) mass is 267 g/mol. The van der Waals surface area contributed by atoms with Crippen molar-refractivity contribution in [3.63, 3.8) is 0 Å². The first kappa shape index (κ1) is 12.5. The molecule has 1 aromatic rings. The number of thioether (sulfide) groups is 2. The number of benzene rings is 1. The third kappa shape index (κ3) is 3.78. The molecule has 90 valence electrons. The van der Waals surface area contributed by atoms with Gasteiger partial charge in [-0.2, -0.15) is 0 Å². The average molecular weight is 267 g/mol. The van der Waals surface area contributed by atoms with Crippen LogP contribution in [-0.2, 0) is 11.2 Å². The standard InChI is InChI=1S/C12H13NO2S2/c14-11(15)6-5-9-3-1-2-4-10(9)17-12-13-7-8-16-12/h1-4H,5-8H2,(H,14,15). The highest BCUT2D eigenvalue weighted by molar-refractivity contribution is 8.39. The minimum atomic E-state index is -0.752. The lowest BCUT2D eigenvalue weighted by atomic mass is 10.1. The second kappa shape index (κ2) is 6.12. The van der Waals surface area contributed by atoms with Gasteiger partial charge in [0.15, 0.2) is 0 Å². The van der Waals surface area contributed by atoms with E-state index in [0.717, 1.165) is 27.1 Å². The number of hydrogen-bond donors (Lipinski definition) is 1. The lowest BCUT2D eigenvalue weighted by Gasteiger charge is -2.07. The van der Waals surface area contributed by atoms with E-state index in [0.29, 0.717) is 6.42 Å². The summed E-state index contributed by atoms with van der Waals surface area (Å²) in [6.07, 6.45) is 0.758. The van der Waals surface area contributed by atoms with Crippen molar-refractivity contribution in [2.24, 2.45) is 4.99 Å². The van der Waals surface area contributed by atoms with Crippen molar-refractivity contribution in [2.45, 2.75) is 17.7 Å². The number of carboxylic acid groups (broad SMARTS) is 1. The van der Waals surface area contributed by atoms with E-state index in [1.54, 1.807) is 23.5 Å². The zero-order valence-electron chi connectivity index (χ0n) is 9.26. The summed E-state index contributed by atoms with van der Waals surface area (Å²) in [6.45, 7) is 0.893. The fourth-order valence-electron chi connectivity index (χ4n) is 1.52. The molecule has 0 aliphatic carbocycles. The highest BCUT2D eigenvalue weighted by Crippen LogP contribution is 2.31. The van der Waals surface area contributed by atoms with Crippen molar-refractivity contribution in [3.05, 3.63) is 29.8 Å². The molecule has 2 rings (SSSR count). The van der Waals surface area contributed by atoms with Gasteiger partial charge in [0, 0.05) is 17.1 Å². The predicted molar refractivity (Wildman–Crippen MR) is 73.0 cm³/mol. The molecular weight excluding hydrogens is 254 g/mol. The van der Waals surface area contributed by atoms with Crippen molar-refractivity contribution in [1.82, 2.24) is 0 Å². The van der Waals surface area contributed by atoms with E-state index in [9.17, 15) is 4.79 Å². The Hall–Kier alpha value is -0.940. The molecule has 1 aromatic carbocycles. The maximum atomic E-state index is 10.6. The third-order valence-electron chi connectivity index (χ3n) is 2.34. The van der Waals surface area contributed by atoms with Gasteiger partial charge < -0.3 is 5.11 Å². The normalized spacial score (nSPS) is 14.7. The fraction of sp³-hybridized carbons (Fsp3) is 0.333. The largest absolute Gasteiger partial charge is 0.481 e. The van der Waals surface area contributed by atoms with Crippen LogP contribution in [-0.4, -0.2) is 27.7 Å². The van der Waals surface area contributed by atoms with Crippen molar-refractivity contribution in [3.8, 4) is 0 Å². The average Bonchev–Trinajstić information content (AvgIpc) is 2.80. The third-order valence-corrected chi connectivity index (χ3v) is 4.62. The Bertz CT molecular complexity index is 446. The van der Waals surface area contributed by atoms with E-state index in [-0.39, 0.29) is 6.42 Å². The number of carboxylic acids is 1. The van der Waals surface area contributed by atoms with Crippen molar-refractivity contribution >= 4 is 33.9 Å². The lowest BCUT2D eigenvalue weighted by molar-refractivity contribution is -0.136. The topological polar surface area (TPSA) is 49.7 Å². The van der Waals surface area contributed by atoms with E-state index in [1.807, 2.05) is 24.3 Å². The Morgan fingerprint density at radius 3 is 3.00 bits per heavy atom. The van der Waals surface area contributed by atoms with Crippen LogP contribution in [0.3, 0.4) is 0 Å². The maximum Gasteiger partial charge on any atom is 0.303 e. The molecule has 1 N–H and O–H groups in total. The van der Waals surface area contributed by atoms with Crippen LogP contribution in [0.2, 0.25) is 0 Å². The van der Waals surface area contributed by atoms with Crippen molar-refractivity contribution < 1.29 is 9.90 Å². The van der Waals surface area contributed by atoms with Gasteiger partial charge in [0.05, 0.1) is 6.54 Å². The summed E-state index contributed by atoms with van der Waals surface area (Å²) in [7, 11) is 0. The smallest absolute Gasteiger partial charge is 0.303 e. The van der Waals surface area contributed by atoms with Gasteiger partial charge in [-0.15, -0.1) is 0 Å². The summed E-state index contributed by atoms with van der Waals surface area (Å²) in [6, 6.07) is 7.95. The molecule has 1 heterocycles. The number of aliphatic imine (C=N–C) groups is 1. The van der Waals surface area contributed by atoms with Crippen molar-refractivity contribution in [1.29, 1.82) is 0 Å². The zero-order chi connectivity index (χ0) is 12.1. The summed E-state index contributed by atoms with van der Waals surface area (Å²) in [5, 5.41) is 8.72. The van der Waals surface area contributed by atoms with Gasteiger partial charge >= 0.3 is 5.97 Å². The lowest BCUT2D eigenvalue weighted by Crippen LogP contribution is -1.98. The molecule has 0 radical (unpaired) electrons. The summed E-state index contributed by atoms with van der Waals surface area (Å²) in [5.74, 6) is 0.303. The summed E-state index contributed by atoms with van der Waals surface area (Å²) in [5.41, 5.74) is 1.09. The van der Waals surface area contributed by atoms with Gasteiger partial charge in [0.2, 0.25) is 0 Å². The Morgan fingerprint density at radius 2 is 2.29 bits per heavy atom. The molecule has 3 nitrogen and oxygen atoms in total. The molecule has 0 bridgehead atoms. The fourth-order valence-corrected chi connectivity index (χ4v) is 3.61. The van der Waals surface area contributed by atoms with E-state index >= 15 is 0 Å². The Labute approximate surface area is 109 Å². The molecule has 5 heteroatoms. The summed E-state index contributed by atoms with van der Waals surface area (Å²) < 4.78 is 1.09. The summed E-state index contributed by atoms with van der Waals surface area (Å²) >= 11 is 3.42. The van der Waals surface area contributed by atoms with Crippen molar-refractivity contribution in [2.75, 3.05) is 12.3 Å². The summed E-state index contributed by atoms with van der Waals surface area (Å²) in [4.78, 5) is 16.1. The van der Waals surface area contributed by atoms with Crippen LogP contribution in [0.25, 0.3) is 0 Å². The highest BCUT2D eigenvalue weighted by atomic mass is 32.2. The molecule has 0 spiro atoms. The van der Waals surface area contributed by atoms with Crippen LogP contribution in [0.1, 0.15) is 12.0 Å². The highest BCUT2D eigenvalue weighted by Gasteiger charge is 2.11. The van der Waals surface area contributed by atoms with Crippen LogP contribution in [0.5, 0.6) is 0 Å². The number of aryl methyl sites for hydroxylation is 1. The number of rotatable bonds is 4. The first-order valence-corrected chi connectivity index (χ1v) is 7.21. The maximum absolute atomic E-state index is 10.6.